The van der Waals surface area contributed by atoms with E-state index in [2.05, 4.69) is 19.9 Å². The van der Waals surface area contributed by atoms with Crippen molar-refractivity contribution in [3.63, 3.8) is 0 Å². The molecule has 3 N–H and O–H groups in total. The number of aliphatic hydroxyl groups is 2. The van der Waals surface area contributed by atoms with E-state index in [9.17, 15) is 15.0 Å². The van der Waals surface area contributed by atoms with Crippen molar-refractivity contribution >= 4 is 17.7 Å². The van der Waals surface area contributed by atoms with Crippen LogP contribution in [-0.4, -0.2) is 39.2 Å². The van der Waals surface area contributed by atoms with Crippen LogP contribution >= 0.6 is 11.8 Å². The van der Waals surface area contributed by atoms with Gasteiger partial charge < -0.3 is 15.3 Å². The van der Waals surface area contributed by atoms with Gasteiger partial charge in [-0.15, -0.1) is 11.8 Å². The molecule has 1 aliphatic rings. The van der Waals surface area contributed by atoms with Crippen molar-refractivity contribution < 1.29 is 20.1 Å². The third kappa shape index (κ3) is 9.79. The molecule has 0 aliphatic heterocycles. The van der Waals surface area contributed by atoms with Crippen molar-refractivity contribution in [1.29, 1.82) is 0 Å². The quantitative estimate of drug-likeness (QED) is 0.297. The number of rotatable bonds is 14. The highest BCUT2D eigenvalue weighted by Crippen LogP contribution is 2.36. The largest absolute Gasteiger partial charge is 0.481 e. The lowest BCUT2D eigenvalue weighted by molar-refractivity contribution is -0.137. The molecule has 4 atom stereocenters. The van der Waals surface area contributed by atoms with Crippen molar-refractivity contribution in [3.8, 4) is 0 Å². The van der Waals surface area contributed by atoms with Crippen LogP contribution in [0.4, 0.5) is 0 Å². The van der Waals surface area contributed by atoms with Crippen LogP contribution in [0.2, 0.25) is 0 Å². The molecule has 26 heavy (non-hydrogen) atoms. The second kappa shape index (κ2) is 13.4. The Hall–Kier alpha value is -0.780. The van der Waals surface area contributed by atoms with Gasteiger partial charge in [-0.05, 0) is 42.3 Å². The van der Waals surface area contributed by atoms with Gasteiger partial charge in [0.2, 0.25) is 0 Å². The van der Waals surface area contributed by atoms with Gasteiger partial charge in [0.05, 0.1) is 12.2 Å². The molecule has 1 aliphatic carbocycles. The predicted octanol–water partition coefficient (Wildman–Crippen LogP) is 4.76. The van der Waals surface area contributed by atoms with Crippen molar-refractivity contribution in [2.75, 3.05) is 5.75 Å². The van der Waals surface area contributed by atoms with Gasteiger partial charge in [0.1, 0.15) is 0 Å². The molecule has 0 amide bonds. The van der Waals surface area contributed by atoms with Crippen molar-refractivity contribution in [2.24, 2.45) is 11.8 Å². The number of hydrogen-bond donors (Lipinski definition) is 3. The molecule has 4 nitrogen and oxygen atoms in total. The van der Waals surface area contributed by atoms with Crippen LogP contribution < -0.4 is 0 Å². The zero-order valence-corrected chi connectivity index (χ0v) is 17.1. The van der Waals surface area contributed by atoms with Crippen molar-refractivity contribution in [1.82, 2.24) is 0 Å². The number of unbranched alkanes of at least 4 members (excludes halogenated alkanes) is 3. The number of carboxylic acid groups (broad SMARTS) is 1. The first-order chi connectivity index (χ1) is 12.4. The number of aliphatic carboxylic acids is 1. The van der Waals surface area contributed by atoms with Gasteiger partial charge in [0.25, 0.3) is 0 Å². The molecule has 0 radical (unpaired) electrons. The molecule has 5 heteroatoms. The Morgan fingerprint density at radius 2 is 2.12 bits per heavy atom. The molecule has 0 fully saturated rings. The molecule has 0 unspecified atom stereocenters. The lowest BCUT2D eigenvalue weighted by atomic mass is 9.96. The molecular weight excluding hydrogens is 348 g/mol. The highest BCUT2D eigenvalue weighted by Gasteiger charge is 2.26. The van der Waals surface area contributed by atoms with Gasteiger partial charge in [-0.25, -0.2) is 0 Å². The maximum Gasteiger partial charge on any atom is 0.303 e. The number of thioether (sulfide) groups is 1. The normalized spacial score (nSPS) is 22.5. The second-order valence-electron chi connectivity index (χ2n) is 7.42. The van der Waals surface area contributed by atoms with Crippen LogP contribution in [0, 0.1) is 11.8 Å². The molecule has 1 rings (SSSR count). The van der Waals surface area contributed by atoms with E-state index >= 15 is 0 Å². The summed E-state index contributed by atoms with van der Waals surface area (Å²) in [6, 6.07) is 0. The molecule has 0 aromatic heterocycles. The molecule has 0 heterocycles. The van der Waals surface area contributed by atoms with Crippen LogP contribution in [0.1, 0.15) is 71.6 Å². The highest BCUT2D eigenvalue weighted by molar-refractivity contribution is 8.03. The Balaban J connectivity index is 2.34. The molecule has 0 bridgehead atoms. The van der Waals surface area contributed by atoms with Gasteiger partial charge in [-0.3, -0.25) is 4.79 Å². The molecule has 150 valence electrons. The van der Waals surface area contributed by atoms with Crippen LogP contribution in [0.3, 0.4) is 0 Å². The molecule has 0 aromatic rings. The summed E-state index contributed by atoms with van der Waals surface area (Å²) in [5.41, 5.74) is 0. The van der Waals surface area contributed by atoms with E-state index in [-0.39, 0.29) is 12.3 Å². The third-order valence-electron chi connectivity index (χ3n) is 4.84. The van der Waals surface area contributed by atoms with E-state index in [1.165, 1.54) is 17.7 Å². The van der Waals surface area contributed by atoms with E-state index in [4.69, 9.17) is 5.11 Å². The van der Waals surface area contributed by atoms with Crippen LogP contribution in [0.15, 0.2) is 23.1 Å². The lowest BCUT2D eigenvalue weighted by Gasteiger charge is -2.17. The van der Waals surface area contributed by atoms with Crippen LogP contribution in [0.25, 0.3) is 0 Å². The van der Waals surface area contributed by atoms with Gasteiger partial charge >= 0.3 is 5.97 Å². The van der Waals surface area contributed by atoms with Gasteiger partial charge in [-0.1, -0.05) is 57.8 Å². The minimum Gasteiger partial charge on any atom is -0.481 e. The number of carboxylic acids is 1. The zero-order valence-electron chi connectivity index (χ0n) is 16.3. The first-order valence-electron chi connectivity index (χ1n) is 10.0. The minimum absolute atomic E-state index is 0.0142. The maximum absolute atomic E-state index is 10.5. The smallest absolute Gasteiger partial charge is 0.303 e. The summed E-state index contributed by atoms with van der Waals surface area (Å²) in [7, 11) is 0. The Morgan fingerprint density at radius 3 is 2.81 bits per heavy atom. The Kier molecular flexibility index (Phi) is 12.0. The molecular formula is C21H36O4S. The number of hydrogen-bond acceptors (Lipinski definition) is 4. The van der Waals surface area contributed by atoms with Gasteiger partial charge in [-0.2, -0.15) is 0 Å². The van der Waals surface area contributed by atoms with Gasteiger partial charge in [0, 0.05) is 12.3 Å². The molecule has 0 spiro atoms. The summed E-state index contributed by atoms with van der Waals surface area (Å²) in [4.78, 5) is 11.7. The fourth-order valence-electron chi connectivity index (χ4n) is 3.24. The third-order valence-corrected chi connectivity index (χ3v) is 6.11. The van der Waals surface area contributed by atoms with E-state index < -0.39 is 18.2 Å². The fourth-order valence-corrected chi connectivity index (χ4v) is 4.47. The zero-order chi connectivity index (χ0) is 19.4. The molecule has 0 aromatic carbocycles. The van der Waals surface area contributed by atoms with Crippen molar-refractivity contribution in [3.05, 3.63) is 23.1 Å². The fraction of sp³-hybridized carbons (Fsp3) is 0.762. The first kappa shape index (κ1) is 23.3. The second-order valence-corrected chi connectivity index (χ2v) is 8.59. The summed E-state index contributed by atoms with van der Waals surface area (Å²) >= 11 is 1.75. The summed E-state index contributed by atoms with van der Waals surface area (Å²) in [5.74, 6) is 0.712. The number of aliphatic hydroxyl groups excluding tert-OH is 2. The SMILES string of the molecule is CCCC[C@@H](C)C[C@H](O)/C=C/[C@H]1C(SCCCCCC(=O)O)=CC[C@H]1O. The molecule has 0 saturated carbocycles. The lowest BCUT2D eigenvalue weighted by Crippen LogP contribution is -2.15. The average Bonchev–Trinajstić information content (AvgIpc) is 2.94. The number of carbonyl (C=O) groups is 1. The summed E-state index contributed by atoms with van der Waals surface area (Å²) in [6.45, 7) is 4.37. The summed E-state index contributed by atoms with van der Waals surface area (Å²) < 4.78 is 0. The van der Waals surface area contributed by atoms with Gasteiger partial charge in [0.15, 0.2) is 0 Å². The minimum atomic E-state index is -0.730. The molecule has 0 saturated heterocycles. The Labute approximate surface area is 162 Å². The monoisotopic (exact) mass is 384 g/mol. The Morgan fingerprint density at radius 1 is 1.35 bits per heavy atom. The van der Waals surface area contributed by atoms with E-state index in [0.717, 1.165) is 37.9 Å². The van der Waals surface area contributed by atoms with E-state index in [1.54, 1.807) is 11.8 Å². The first-order valence-corrected chi connectivity index (χ1v) is 11.0. The standard InChI is InChI=1S/C21H36O4S/c1-3-4-8-16(2)15-17(22)10-11-18-19(23)12-13-20(18)26-14-7-5-6-9-21(24)25/h10-11,13,16-19,22-23H,3-9,12,14-15H2,1-2H3,(H,24,25)/b11-10+/t16-,17-,18-,19-/m1/s1. The highest BCUT2D eigenvalue weighted by atomic mass is 32.2. The summed E-state index contributed by atoms with van der Waals surface area (Å²) in [5, 5.41) is 29.1. The van der Waals surface area contributed by atoms with Crippen LogP contribution in [0.5, 0.6) is 0 Å². The topological polar surface area (TPSA) is 77.8 Å². The Bertz CT molecular complexity index is 461. The van der Waals surface area contributed by atoms with Crippen LogP contribution in [-0.2, 0) is 4.79 Å². The predicted molar refractivity (Wildman–Crippen MR) is 109 cm³/mol. The van der Waals surface area contributed by atoms with E-state index in [0.29, 0.717) is 12.3 Å². The average molecular weight is 385 g/mol. The van der Waals surface area contributed by atoms with Crippen molar-refractivity contribution in [2.45, 2.75) is 83.8 Å². The maximum atomic E-state index is 10.5. The van der Waals surface area contributed by atoms with E-state index in [1.807, 2.05) is 12.2 Å². The summed E-state index contributed by atoms with van der Waals surface area (Å²) in [6.07, 6.45) is 12.9.